The van der Waals surface area contributed by atoms with E-state index in [-0.39, 0.29) is 5.91 Å². The number of rotatable bonds is 6. The number of pyridine rings is 1. The third-order valence-electron chi connectivity index (χ3n) is 3.07. The highest BCUT2D eigenvalue weighted by molar-refractivity contribution is 6.03. The third-order valence-corrected chi connectivity index (χ3v) is 3.07. The average Bonchev–Trinajstić information content (AvgIpc) is 2.54. The molecule has 0 bridgehead atoms. The summed E-state index contributed by atoms with van der Waals surface area (Å²) in [6.45, 7) is 5.14. The number of amides is 1. The Labute approximate surface area is 130 Å². The van der Waals surface area contributed by atoms with Crippen molar-refractivity contribution in [3.05, 3.63) is 48.3 Å². The zero-order valence-corrected chi connectivity index (χ0v) is 13.1. The fourth-order valence-electron chi connectivity index (χ4n) is 1.89. The molecule has 0 aliphatic heterocycles. The molecule has 1 aromatic heterocycles. The lowest BCUT2D eigenvalue weighted by Crippen LogP contribution is -2.14. The van der Waals surface area contributed by atoms with Crippen molar-refractivity contribution in [1.29, 1.82) is 0 Å². The van der Waals surface area contributed by atoms with Gasteiger partial charge < -0.3 is 15.4 Å². The molecule has 2 aromatic rings. The lowest BCUT2D eigenvalue weighted by molar-refractivity contribution is 0.102. The van der Waals surface area contributed by atoms with Crippen LogP contribution in [0.25, 0.3) is 0 Å². The van der Waals surface area contributed by atoms with Gasteiger partial charge in [0.05, 0.1) is 24.7 Å². The van der Waals surface area contributed by atoms with Crippen molar-refractivity contribution >= 4 is 17.3 Å². The first-order valence-electron chi connectivity index (χ1n) is 7.24. The fourth-order valence-corrected chi connectivity index (χ4v) is 1.89. The molecule has 2 N–H and O–H groups in total. The molecule has 0 unspecified atom stereocenters. The second kappa shape index (κ2) is 7.45. The average molecular weight is 299 g/mol. The number of carbonyl (C=O) groups excluding carboxylic acids is 1. The van der Waals surface area contributed by atoms with Gasteiger partial charge in [-0.2, -0.15) is 0 Å². The van der Waals surface area contributed by atoms with Gasteiger partial charge in [-0.1, -0.05) is 26.0 Å². The van der Waals surface area contributed by atoms with E-state index in [9.17, 15) is 4.79 Å². The minimum Gasteiger partial charge on any atom is -0.495 e. The number of hydrogen-bond acceptors (Lipinski definition) is 4. The van der Waals surface area contributed by atoms with Gasteiger partial charge in [0.2, 0.25) is 0 Å². The predicted octanol–water partition coefficient (Wildman–Crippen LogP) is 3.41. The first-order valence-corrected chi connectivity index (χ1v) is 7.24. The van der Waals surface area contributed by atoms with Crippen molar-refractivity contribution in [1.82, 2.24) is 4.98 Å². The highest BCUT2D eigenvalue weighted by Gasteiger charge is 2.10. The van der Waals surface area contributed by atoms with Gasteiger partial charge >= 0.3 is 0 Å². The number of nitrogens with one attached hydrogen (secondary N) is 2. The van der Waals surface area contributed by atoms with Crippen LogP contribution < -0.4 is 15.4 Å². The molecule has 5 heteroatoms. The summed E-state index contributed by atoms with van der Waals surface area (Å²) < 4.78 is 5.21. The number of aromatic nitrogens is 1. The van der Waals surface area contributed by atoms with Gasteiger partial charge in [0.15, 0.2) is 0 Å². The molecule has 22 heavy (non-hydrogen) atoms. The van der Waals surface area contributed by atoms with Gasteiger partial charge in [-0.3, -0.25) is 4.79 Å². The Morgan fingerprint density at radius 1 is 1.23 bits per heavy atom. The summed E-state index contributed by atoms with van der Waals surface area (Å²) in [7, 11) is 1.57. The fraction of sp³-hybridized carbons (Fsp3) is 0.294. The summed E-state index contributed by atoms with van der Waals surface area (Å²) in [4.78, 5) is 16.4. The molecule has 0 fully saturated rings. The van der Waals surface area contributed by atoms with Crippen molar-refractivity contribution in [3.63, 3.8) is 0 Å². The molecule has 1 amide bonds. The summed E-state index contributed by atoms with van der Waals surface area (Å²) in [5, 5.41) is 6.06. The normalized spacial score (nSPS) is 10.4. The van der Waals surface area contributed by atoms with E-state index in [0.29, 0.717) is 23.0 Å². The maximum absolute atomic E-state index is 12.2. The molecule has 0 saturated carbocycles. The van der Waals surface area contributed by atoms with E-state index < -0.39 is 0 Å². The lowest BCUT2D eigenvalue weighted by Gasteiger charge is -2.10. The first kappa shape index (κ1) is 15.8. The molecular weight excluding hydrogens is 278 g/mol. The van der Waals surface area contributed by atoms with E-state index in [4.69, 9.17) is 4.74 Å². The van der Waals surface area contributed by atoms with Crippen molar-refractivity contribution in [3.8, 4) is 5.75 Å². The second-order valence-electron chi connectivity index (χ2n) is 5.36. The summed E-state index contributed by atoms with van der Waals surface area (Å²) in [6, 6.07) is 10.8. The van der Waals surface area contributed by atoms with E-state index in [2.05, 4.69) is 29.5 Å². The first-order chi connectivity index (χ1) is 10.6. The summed E-state index contributed by atoms with van der Waals surface area (Å²) >= 11 is 0. The number of benzene rings is 1. The molecule has 0 radical (unpaired) electrons. The van der Waals surface area contributed by atoms with Gasteiger partial charge in [-0.25, -0.2) is 4.98 Å². The molecule has 0 saturated heterocycles. The van der Waals surface area contributed by atoms with E-state index in [0.717, 1.165) is 12.2 Å². The maximum Gasteiger partial charge on any atom is 0.274 e. The van der Waals surface area contributed by atoms with E-state index in [1.807, 2.05) is 18.2 Å². The van der Waals surface area contributed by atoms with Crippen LogP contribution in [0.4, 0.5) is 11.4 Å². The monoisotopic (exact) mass is 299 g/mol. The van der Waals surface area contributed by atoms with Crippen LogP contribution in [0, 0.1) is 5.92 Å². The van der Waals surface area contributed by atoms with Crippen LogP contribution in [0.5, 0.6) is 5.75 Å². The van der Waals surface area contributed by atoms with Crippen molar-refractivity contribution in [2.75, 3.05) is 24.3 Å². The highest BCUT2D eigenvalue weighted by atomic mass is 16.5. The summed E-state index contributed by atoms with van der Waals surface area (Å²) in [6.07, 6.45) is 1.67. The zero-order chi connectivity index (χ0) is 15.9. The molecule has 2 rings (SSSR count). The Kier molecular flexibility index (Phi) is 5.36. The van der Waals surface area contributed by atoms with Gasteiger partial charge in [-0.15, -0.1) is 0 Å². The molecule has 0 aliphatic carbocycles. The minimum atomic E-state index is -0.264. The van der Waals surface area contributed by atoms with Crippen LogP contribution in [0.15, 0.2) is 42.6 Å². The Balaban J connectivity index is 2.03. The number of nitrogens with zero attached hydrogens (tertiary/aromatic N) is 1. The van der Waals surface area contributed by atoms with E-state index >= 15 is 0 Å². The van der Waals surface area contributed by atoms with E-state index in [1.54, 1.807) is 31.5 Å². The Bertz CT molecular complexity index is 624. The van der Waals surface area contributed by atoms with Gasteiger partial charge in [-0.05, 0) is 30.2 Å². The van der Waals surface area contributed by atoms with Crippen LogP contribution >= 0.6 is 0 Å². The summed E-state index contributed by atoms with van der Waals surface area (Å²) in [5.41, 5.74) is 1.89. The lowest BCUT2D eigenvalue weighted by atomic mass is 10.2. The quantitative estimate of drug-likeness (QED) is 0.858. The maximum atomic E-state index is 12.2. The molecule has 0 atom stereocenters. The number of methoxy groups -OCH3 is 1. The van der Waals surface area contributed by atoms with Gasteiger partial charge in [0, 0.05) is 6.54 Å². The molecule has 5 nitrogen and oxygen atoms in total. The van der Waals surface area contributed by atoms with Crippen molar-refractivity contribution in [2.24, 2.45) is 5.92 Å². The Morgan fingerprint density at radius 3 is 2.64 bits per heavy atom. The van der Waals surface area contributed by atoms with Gasteiger partial charge in [0.25, 0.3) is 5.91 Å². The Hall–Kier alpha value is -2.56. The molecule has 0 spiro atoms. The number of anilines is 2. The molecule has 0 aliphatic rings. The van der Waals surface area contributed by atoms with Crippen LogP contribution in [0.1, 0.15) is 24.3 Å². The SMILES string of the molecule is COc1ccccc1NC(=O)c1ccc(NCC(C)C)cn1. The largest absolute Gasteiger partial charge is 0.495 e. The highest BCUT2D eigenvalue weighted by Crippen LogP contribution is 2.23. The second-order valence-corrected chi connectivity index (χ2v) is 5.36. The van der Waals surface area contributed by atoms with Crippen LogP contribution in [-0.4, -0.2) is 24.5 Å². The minimum absolute atomic E-state index is 0.264. The zero-order valence-electron chi connectivity index (χ0n) is 13.1. The Morgan fingerprint density at radius 2 is 2.00 bits per heavy atom. The van der Waals surface area contributed by atoms with Crippen LogP contribution in [0.2, 0.25) is 0 Å². The van der Waals surface area contributed by atoms with E-state index in [1.165, 1.54) is 0 Å². The number of carbonyl (C=O) groups is 1. The van der Waals surface area contributed by atoms with Crippen LogP contribution in [0.3, 0.4) is 0 Å². The number of hydrogen-bond donors (Lipinski definition) is 2. The van der Waals surface area contributed by atoms with Gasteiger partial charge in [0.1, 0.15) is 11.4 Å². The number of ether oxygens (including phenoxy) is 1. The smallest absolute Gasteiger partial charge is 0.274 e. The van der Waals surface area contributed by atoms with Crippen molar-refractivity contribution < 1.29 is 9.53 Å². The molecule has 1 heterocycles. The standard InChI is InChI=1S/C17H21N3O2/c1-12(2)10-18-13-8-9-15(19-11-13)17(21)20-14-6-4-5-7-16(14)22-3/h4-9,11-12,18H,10H2,1-3H3,(H,20,21). The molecular formula is C17H21N3O2. The molecule has 116 valence electrons. The topological polar surface area (TPSA) is 63.2 Å². The van der Waals surface area contributed by atoms with Crippen molar-refractivity contribution in [2.45, 2.75) is 13.8 Å². The molecule has 1 aromatic carbocycles. The summed E-state index contributed by atoms with van der Waals surface area (Å²) in [5.74, 6) is 0.902. The third kappa shape index (κ3) is 4.22. The number of para-hydroxylation sites is 2. The van der Waals surface area contributed by atoms with Crippen LogP contribution in [-0.2, 0) is 0 Å². The predicted molar refractivity (Wildman–Crippen MR) is 88.5 cm³/mol.